The number of hydrogen-bond donors (Lipinski definition) is 6. The summed E-state index contributed by atoms with van der Waals surface area (Å²) in [6, 6.07) is 15.5. The van der Waals surface area contributed by atoms with Gasteiger partial charge in [0.05, 0.1) is 26.3 Å². The predicted molar refractivity (Wildman–Crippen MR) is 184 cm³/mol. The number of ether oxygens (including phenoxy) is 1. The van der Waals surface area contributed by atoms with Crippen molar-refractivity contribution in [3.8, 4) is 11.1 Å². The molecule has 1 aliphatic rings. The van der Waals surface area contributed by atoms with Crippen LogP contribution in [0.4, 0.5) is 4.79 Å². The molecule has 0 unspecified atom stereocenters. The van der Waals surface area contributed by atoms with Crippen LogP contribution in [0.2, 0.25) is 0 Å². The van der Waals surface area contributed by atoms with Gasteiger partial charge >= 0.3 is 6.09 Å². The van der Waals surface area contributed by atoms with Crippen molar-refractivity contribution in [2.75, 3.05) is 66.1 Å². The molecule has 0 bridgehead atoms. The van der Waals surface area contributed by atoms with Gasteiger partial charge in [-0.2, -0.15) is 0 Å². The van der Waals surface area contributed by atoms with Crippen LogP contribution < -0.4 is 31.9 Å². The van der Waals surface area contributed by atoms with Crippen molar-refractivity contribution < 1.29 is 47.9 Å². The van der Waals surface area contributed by atoms with Gasteiger partial charge in [-0.25, -0.2) is 4.79 Å². The molecule has 0 saturated heterocycles. The summed E-state index contributed by atoms with van der Waals surface area (Å²) in [7, 11) is 1.33. The smallest absolute Gasteiger partial charge is 0.407 e. The van der Waals surface area contributed by atoms with Crippen LogP contribution in [0, 0.1) is 0 Å². The molecule has 0 aromatic heterocycles. The summed E-state index contributed by atoms with van der Waals surface area (Å²) in [6.07, 6.45) is -0.887. The number of likely N-dealkylation sites (N-methyl/N-ethyl adjacent to an activating group) is 1. The van der Waals surface area contributed by atoms with Crippen molar-refractivity contribution in [3.05, 3.63) is 59.7 Å². The Labute approximate surface area is 299 Å². The second-order valence-electron chi connectivity index (χ2n) is 11.6. The maximum Gasteiger partial charge on any atom is 0.407 e. The third-order valence-corrected chi connectivity index (χ3v) is 7.65. The van der Waals surface area contributed by atoms with Crippen molar-refractivity contribution in [3.63, 3.8) is 0 Å². The Bertz CT molecular complexity index is 1650. The van der Waals surface area contributed by atoms with Crippen LogP contribution in [0.1, 0.15) is 30.9 Å². The second-order valence-corrected chi connectivity index (χ2v) is 11.6. The molecule has 0 radical (unpaired) electrons. The second kappa shape index (κ2) is 19.8. The van der Waals surface area contributed by atoms with Crippen molar-refractivity contribution in [1.82, 2.24) is 41.7 Å². The van der Waals surface area contributed by atoms with Crippen LogP contribution in [0.25, 0.3) is 11.1 Å². The van der Waals surface area contributed by atoms with E-state index in [4.69, 9.17) is 4.74 Å². The number of alkyl carbamates (subject to hydrolysis) is 1. The topological polar surface area (TPSA) is 242 Å². The highest BCUT2D eigenvalue weighted by Crippen LogP contribution is 2.44. The number of carbonyl (C=O) groups excluding carboxylic acids is 9. The van der Waals surface area contributed by atoms with Crippen molar-refractivity contribution in [2.24, 2.45) is 0 Å². The van der Waals surface area contributed by atoms with Gasteiger partial charge in [0.2, 0.25) is 41.4 Å². The molecule has 0 aliphatic heterocycles. The van der Waals surface area contributed by atoms with E-state index in [1.165, 1.54) is 20.9 Å². The zero-order valence-corrected chi connectivity index (χ0v) is 29.0. The molecular formula is C34H42N8O10. The minimum atomic E-state index is -0.887. The minimum absolute atomic E-state index is 0.000823. The first kappa shape index (κ1) is 40.1. The zero-order chi connectivity index (χ0) is 38.2. The molecular weight excluding hydrogens is 680 g/mol. The number of benzene rings is 2. The van der Waals surface area contributed by atoms with Gasteiger partial charge in [0.25, 0.3) is 0 Å². The van der Waals surface area contributed by atoms with E-state index in [2.05, 4.69) is 31.9 Å². The van der Waals surface area contributed by atoms with Crippen LogP contribution in [-0.4, -0.2) is 129 Å². The van der Waals surface area contributed by atoms with Gasteiger partial charge in [-0.3, -0.25) is 38.4 Å². The van der Waals surface area contributed by atoms with E-state index in [1.807, 2.05) is 48.5 Å². The molecule has 2 aromatic carbocycles. The van der Waals surface area contributed by atoms with Crippen LogP contribution in [0.3, 0.4) is 0 Å². The minimum Gasteiger partial charge on any atom is -0.449 e. The fraction of sp³-hybridized carbons (Fsp3) is 0.382. The van der Waals surface area contributed by atoms with Crippen LogP contribution in [-0.2, 0) is 43.1 Å². The Kier molecular flexibility index (Phi) is 15.2. The molecule has 1 aliphatic carbocycles. The molecule has 0 heterocycles. The molecule has 0 spiro atoms. The number of nitrogens with zero attached hydrogens (tertiary/aromatic N) is 2. The van der Waals surface area contributed by atoms with Gasteiger partial charge in [0.15, 0.2) is 0 Å². The number of nitrogens with one attached hydrogen (secondary N) is 6. The number of ketones is 1. The fourth-order valence-electron chi connectivity index (χ4n) is 5.04. The first-order valence-electron chi connectivity index (χ1n) is 16.2. The first-order chi connectivity index (χ1) is 24.8. The average molecular weight is 723 g/mol. The molecule has 18 nitrogen and oxygen atoms in total. The zero-order valence-electron chi connectivity index (χ0n) is 29.0. The lowest BCUT2D eigenvalue weighted by molar-refractivity contribution is -0.140. The Morgan fingerprint density at radius 1 is 0.596 bits per heavy atom. The summed E-state index contributed by atoms with van der Waals surface area (Å²) in [5.41, 5.74) is 4.08. The summed E-state index contributed by atoms with van der Waals surface area (Å²) in [5.74, 6) is -5.52. The third kappa shape index (κ3) is 12.5. The quantitative estimate of drug-likeness (QED) is 0.0922. The number of rotatable bonds is 18. The highest BCUT2D eigenvalue weighted by atomic mass is 16.5. The molecule has 278 valence electrons. The van der Waals surface area contributed by atoms with E-state index in [0.29, 0.717) is 0 Å². The van der Waals surface area contributed by atoms with Crippen LogP contribution >= 0.6 is 0 Å². The van der Waals surface area contributed by atoms with Gasteiger partial charge in [-0.1, -0.05) is 48.5 Å². The lowest BCUT2D eigenvalue weighted by atomic mass is 9.98. The highest BCUT2D eigenvalue weighted by Gasteiger charge is 2.29. The molecule has 8 amide bonds. The monoisotopic (exact) mass is 722 g/mol. The molecule has 52 heavy (non-hydrogen) atoms. The van der Waals surface area contributed by atoms with Gasteiger partial charge in [0.1, 0.15) is 38.6 Å². The normalized spacial score (nSPS) is 11.1. The third-order valence-electron chi connectivity index (χ3n) is 7.65. The van der Waals surface area contributed by atoms with E-state index in [0.717, 1.165) is 32.1 Å². The number of Topliss-reactive ketones (excluding diaryl/α,β-unsaturated/α-hetero) is 1. The van der Waals surface area contributed by atoms with Crippen LogP contribution in [0.5, 0.6) is 0 Å². The van der Waals surface area contributed by atoms with Crippen molar-refractivity contribution in [1.29, 1.82) is 0 Å². The summed E-state index contributed by atoms with van der Waals surface area (Å²) >= 11 is 0. The number of amides is 8. The maximum atomic E-state index is 13.0. The predicted octanol–water partition coefficient (Wildman–Crippen LogP) is -2.04. The van der Waals surface area contributed by atoms with Crippen LogP contribution in [0.15, 0.2) is 48.5 Å². The number of hydrogen-bond acceptors (Lipinski definition) is 10. The Balaban J connectivity index is 1.55. The lowest BCUT2D eigenvalue weighted by Crippen LogP contribution is -2.52. The average Bonchev–Trinajstić information content (AvgIpc) is 3.44. The van der Waals surface area contributed by atoms with E-state index in [9.17, 15) is 43.2 Å². The highest BCUT2D eigenvalue weighted by molar-refractivity contribution is 5.93. The Morgan fingerprint density at radius 2 is 1.12 bits per heavy atom. The Morgan fingerprint density at radius 3 is 1.69 bits per heavy atom. The summed E-state index contributed by atoms with van der Waals surface area (Å²) in [4.78, 5) is 112. The molecule has 0 saturated carbocycles. The molecule has 2 aromatic rings. The summed E-state index contributed by atoms with van der Waals surface area (Å²) in [6.45, 7) is -1.83. The SMILES string of the molecule is CNC(=O)CN(CC(=O)NCC(=O)N(CNC(=O)CNC(C)=O)CC(=O)NCC(C)=O)C(=O)CNC(=O)OCC1c2ccccc2-c2ccccc21. The van der Waals surface area contributed by atoms with Gasteiger partial charge in [0, 0.05) is 19.9 Å². The summed E-state index contributed by atoms with van der Waals surface area (Å²) < 4.78 is 5.44. The van der Waals surface area contributed by atoms with E-state index in [1.54, 1.807) is 0 Å². The van der Waals surface area contributed by atoms with Gasteiger partial charge in [-0.15, -0.1) is 0 Å². The summed E-state index contributed by atoms with van der Waals surface area (Å²) in [5, 5.41) is 13.9. The maximum absolute atomic E-state index is 13.0. The van der Waals surface area contributed by atoms with E-state index < -0.39 is 93.4 Å². The molecule has 6 N–H and O–H groups in total. The largest absolute Gasteiger partial charge is 0.449 e. The van der Waals surface area contributed by atoms with E-state index >= 15 is 0 Å². The number of fused-ring (bicyclic) bond motifs is 3. The van der Waals surface area contributed by atoms with Crippen molar-refractivity contribution >= 4 is 53.2 Å². The molecule has 0 atom stereocenters. The van der Waals surface area contributed by atoms with Gasteiger partial charge in [-0.05, 0) is 29.2 Å². The molecule has 18 heteroatoms. The van der Waals surface area contributed by atoms with E-state index in [-0.39, 0.29) is 24.9 Å². The first-order valence-corrected chi connectivity index (χ1v) is 16.2. The molecule has 0 fully saturated rings. The number of carbonyl (C=O) groups is 9. The van der Waals surface area contributed by atoms with Gasteiger partial charge < -0.3 is 46.4 Å². The molecule has 3 rings (SSSR count). The Hall–Kier alpha value is -6.33. The fourth-order valence-corrected chi connectivity index (χ4v) is 5.04. The standard InChI is InChI=1S/C34H42N8O10/c1-21(43)12-37-31(48)18-42(20-40-28(45)13-36-22(2)44)33(50)14-38-30(47)17-41(16-29(46)35-3)32(49)15-39-34(51)52-19-27-25-10-6-4-8-23(25)24-9-5-7-11-26(24)27/h4-11,27H,12-20H2,1-3H3,(H,35,46)(H,36,44)(H,37,48)(H,38,47)(H,39,51)(H,40,45). The van der Waals surface area contributed by atoms with Crippen molar-refractivity contribution in [2.45, 2.75) is 19.8 Å². The lowest BCUT2D eigenvalue weighted by Gasteiger charge is -2.24.